The highest BCUT2D eigenvalue weighted by atomic mass is 16.4. The first-order valence-electron chi connectivity index (χ1n) is 2.63. The van der Waals surface area contributed by atoms with Crippen LogP contribution in [0.5, 0.6) is 0 Å². The Bertz CT molecular complexity index is 117. The van der Waals surface area contributed by atoms with E-state index < -0.39 is 12.1 Å². The predicted octanol–water partition coefficient (Wildman–Crippen LogP) is -2.27. The largest absolute Gasteiger partial charge is 0.543 e. The van der Waals surface area contributed by atoms with E-state index in [1.807, 2.05) is 0 Å². The monoisotopic (exact) mass is 132 g/mol. The molecule has 0 aliphatic heterocycles. The number of quaternary nitrogens is 1. The van der Waals surface area contributed by atoms with Gasteiger partial charge in [-0.15, -0.1) is 0 Å². The third-order valence-electron chi connectivity index (χ3n) is 1.08. The van der Waals surface area contributed by atoms with Crippen molar-refractivity contribution in [2.24, 2.45) is 5.73 Å². The molecule has 4 nitrogen and oxygen atoms in total. The number of nitrogens with zero attached hydrogens (tertiary/aromatic N) is 1. The van der Waals surface area contributed by atoms with Crippen molar-refractivity contribution in [1.82, 2.24) is 0 Å². The minimum absolute atomic E-state index is 0.183. The van der Waals surface area contributed by atoms with E-state index >= 15 is 0 Å². The highest BCUT2D eigenvalue weighted by molar-refractivity contribution is 5.68. The summed E-state index contributed by atoms with van der Waals surface area (Å²) in [5, 5.41) is 10.1. The van der Waals surface area contributed by atoms with E-state index in [4.69, 9.17) is 5.73 Å². The second kappa shape index (κ2) is 2.33. The minimum atomic E-state index is -1.22. The Labute approximate surface area is 54.5 Å². The molecule has 0 aromatic rings. The van der Waals surface area contributed by atoms with Crippen molar-refractivity contribution < 1.29 is 14.4 Å². The number of nitrogens with two attached hydrogens (primary N) is 1. The summed E-state index contributed by atoms with van der Waals surface area (Å²) in [5.74, 6) is -1.22. The van der Waals surface area contributed by atoms with Gasteiger partial charge in [-0.1, -0.05) is 0 Å². The number of rotatable bonds is 2. The van der Waals surface area contributed by atoms with Gasteiger partial charge in [0, 0.05) is 0 Å². The van der Waals surface area contributed by atoms with E-state index in [1.54, 1.807) is 21.1 Å². The summed E-state index contributed by atoms with van der Waals surface area (Å²) in [6.45, 7) is 0. The molecule has 54 valence electrons. The van der Waals surface area contributed by atoms with Crippen LogP contribution in [0, 0.1) is 0 Å². The average Bonchev–Trinajstić information content (AvgIpc) is 1.62. The number of hydrogen-bond donors (Lipinski definition) is 1. The lowest BCUT2D eigenvalue weighted by Gasteiger charge is -2.31. The van der Waals surface area contributed by atoms with Crippen molar-refractivity contribution in [3.63, 3.8) is 0 Å². The van der Waals surface area contributed by atoms with E-state index in [0.29, 0.717) is 0 Å². The van der Waals surface area contributed by atoms with Gasteiger partial charge in [0.25, 0.3) is 0 Å². The topological polar surface area (TPSA) is 66.2 Å². The number of carboxylic acids is 1. The van der Waals surface area contributed by atoms with Crippen LogP contribution in [0.2, 0.25) is 0 Å². The highest BCUT2D eigenvalue weighted by Crippen LogP contribution is 1.92. The summed E-state index contributed by atoms with van der Waals surface area (Å²) < 4.78 is 0.183. The molecule has 1 unspecified atom stereocenters. The molecule has 4 heteroatoms. The van der Waals surface area contributed by atoms with Crippen LogP contribution in [0.4, 0.5) is 0 Å². The van der Waals surface area contributed by atoms with Crippen molar-refractivity contribution in [2.45, 2.75) is 6.17 Å². The Kier molecular flexibility index (Phi) is 2.17. The van der Waals surface area contributed by atoms with Crippen LogP contribution < -0.4 is 10.8 Å². The van der Waals surface area contributed by atoms with Gasteiger partial charge in [-0.25, -0.2) is 0 Å². The number of likely N-dealkylation sites (N-methyl/N-ethyl adjacent to an activating group) is 1. The molecule has 9 heavy (non-hydrogen) atoms. The Morgan fingerprint density at radius 2 is 1.89 bits per heavy atom. The molecular weight excluding hydrogens is 120 g/mol. The lowest BCUT2D eigenvalue weighted by atomic mass is 10.4. The molecule has 0 aromatic heterocycles. The Morgan fingerprint density at radius 1 is 1.56 bits per heavy atom. The fraction of sp³-hybridized carbons (Fsp3) is 0.800. The predicted molar refractivity (Wildman–Crippen MR) is 31.0 cm³/mol. The third-order valence-corrected chi connectivity index (χ3v) is 1.08. The third kappa shape index (κ3) is 2.43. The summed E-state index contributed by atoms with van der Waals surface area (Å²) in [5.41, 5.74) is 5.20. The van der Waals surface area contributed by atoms with Gasteiger partial charge in [-0.05, 0) is 0 Å². The Morgan fingerprint density at radius 3 is 1.89 bits per heavy atom. The first kappa shape index (κ1) is 8.39. The quantitative estimate of drug-likeness (QED) is 0.340. The van der Waals surface area contributed by atoms with Gasteiger partial charge in [-0.3, -0.25) is 5.73 Å². The molecule has 0 saturated heterocycles. The SMILES string of the molecule is C[N+](C)(C)C(N)C(=O)[O-]. The van der Waals surface area contributed by atoms with E-state index in [1.165, 1.54) is 0 Å². The molecule has 0 saturated carbocycles. The van der Waals surface area contributed by atoms with Gasteiger partial charge >= 0.3 is 0 Å². The molecule has 0 aromatic carbocycles. The number of carbonyl (C=O) groups is 1. The van der Waals surface area contributed by atoms with Gasteiger partial charge < -0.3 is 14.4 Å². The van der Waals surface area contributed by atoms with E-state index in [9.17, 15) is 9.90 Å². The van der Waals surface area contributed by atoms with Crippen LogP contribution in [0.15, 0.2) is 0 Å². The highest BCUT2D eigenvalue weighted by Gasteiger charge is 2.18. The number of carboxylic acid groups (broad SMARTS) is 1. The van der Waals surface area contributed by atoms with Crippen molar-refractivity contribution in [3.05, 3.63) is 0 Å². The number of aliphatic carboxylic acids is 1. The number of hydrogen-bond acceptors (Lipinski definition) is 3. The standard InChI is InChI=1S/C5H12N2O2/c1-7(2,3)4(6)5(8)9/h4H,6H2,1-3H3. The maximum atomic E-state index is 10.1. The van der Waals surface area contributed by atoms with Crippen molar-refractivity contribution >= 4 is 5.97 Å². The van der Waals surface area contributed by atoms with Gasteiger partial charge in [-0.2, -0.15) is 0 Å². The summed E-state index contributed by atoms with van der Waals surface area (Å²) in [6, 6.07) is 0. The summed E-state index contributed by atoms with van der Waals surface area (Å²) >= 11 is 0. The first-order valence-corrected chi connectivity index (χ1v) is 2.63. The van der Waals surface area contributed by atoms with Gasteiger partial charge in [0.05, 0.1) is 21.1 Å². The Hall–Kier alpha value is -0.610. The lowest BCUT2D eigenvalue weighted by Crippen LogP contribution is -2.59. The maximum absolute atomic E-state index is 10.1. The normalized spacial score (nSPS) is 15.1. The second-order valence-corrected chi connectivity index (χ2v) is 2.88. The van der Waals surface area contributed by atoms with Crippen molar-refractivity contribution in [3.8, 4) is 0 Å². The van der Waals surface area contributed by atoms with Crippen LogP contribution in [0.1, 0.15) is 0 Å². The zero-order chi connectivity index (χ0) is 7.65. The van der Waals surface area contributed by atoms with Crippen LogP contribution in [0.3, 0.4) is 0 Å². The van der Waals surface area contributed by atoms with Crippen LogP contribution in [-0.2, 0) is 4.79 Å². The fourth-order valence-electron chi connectivity index (χ4n) is 0.316. The lowest BCUT2D eigenvalue weighted by molar-refractivity contribution is -0.889. The first-order chi connectivity index (χ1) is 3.85. The summed E-state index contributed by atoms with van der Waals surface area (Å²) in [6.07, 6.45) is -0.940. The van der Waals surface area contributed by atoms with Crippen LogP contribution in [-0.4, -0.2) is 37.8 Å². The van der Waals surface area contributed by atoms with Crippen molar-refractivity contribution in [2.75, 3.05) is 21.1 Å². The van der Waals surface area contributed by atoms with E-state index in [0.717, 1.165) is 0 Å². The minimum Gasteiger partial charge on any atom is -0.543 e. The van der Waals surface area contributed by atoms with Crippen LogP contribution >= 0.6 is 0 Å². The maximum Gasteiger partial charge on any atom is 0.180 e. The molecule has 0 heterocycles. The van der Waals surface area contributed by atoms with Gasteiger partial charge in [0.2, 0.25) is 0 Å². The smallest absolute Gasteiger partial charge is 0.180 e. The Balaban J connectivity index is 4.04. The van der Waals surface area contributed by atoms with Crippen molar-refractivity contribution in [1.29, 1.82) is 0 Å². The molecule has 2 N–H and O–H groups in total. The zero-order valence-corrected chi connectivity index (χ0v) is 5.92. The van der Waals surface area contributed by atoms with E-state index in [-0.39, 0.29) is 4.48 Å². The molecule has 0 amide bonds. The molecule has 0 rings (SSSR count). The fourth-order valence-corrected chi connectivity index (χ4v) is 0.316. The number of carbonyl (C=O) groups excluding carboxylic acids is 1. The molecule has 0 aliphatic carbocycles. The van der Waals surface area contributed by atoms with Gasteiger partial charge in [0.15, 0.2) is 6.17 Å². The molecule has 0 fully saturated rings. The summed E-state index contributed by atoms with van der Waals surface area (Å²) in [7, 11) is 5.08. The summed E-state index contributed by atoms with van der Waals surface area (Å²) in [4.78, 5) is 10.1. The molecular formula is C5H12N2O2. The van der Waals surface area contributed by atoms with Gasteiger partial charge in [0.1, 0.15) is 5.97 Å². The van der Waals surface area contributed by atoms with Crippen LogP contribution in [0.25, 0.3) is 0 Å². The molecule has 1 atom stereocenters. The van der Waals surface area contributed by atoms with E-state index in [2.05, 4.69) is 0 Å². The average molecular weight is 132 g/mol. The molecule has 0 spiro atoms. The molecule has 0 radical (unpaired) electrons. The zero-order valence-electron chi connectivity index (χ0n) is 5.92. The molecule has 0 aliphatic rings. The second-order valence-electron chi connectivity index (χ2n) is 2.88. The molecule has 0 bridgehead atoms.